The minimum Gasteiger partial charge on any atom is -0.398 e. The number of rotatable bonds is 1. The summed E-state index contributed by atoms with van der Waals surface area (Å²) >= 11 is 5.41. The Morgan fingerprint density at radius 2 is 1.93 bits per heavy atom. The normalized spacial score (nSPS) is 11.4. The van der Waals surface area contributed by atoms with Gasteiger partial charge < -0.3 is 5.73 Å². The van der Waals surface area contributed by atoms with Crippen LogP contribution in [0.15, 0.2) is 18.7 Å². The predicted molar refractivity (Wildman–Crippen MR) is 51.0 cm³/mol. The lowest BCUT2D eigenvalue weighted by atomic mass is 10.1. The van der Waals surface area contributed by atoms with E-state index in [1.165, 1.54) is 6.08 Å². The summed E-state index contributed by atoms with van der Waals surface area (Å²) in [5.41, 5.74) is 4.92. The lowest BCUT2D eigenvalue weighted by Gasteiger charge is -2.11. The molecule has 0 saturated heterocycles. The Kier molecular flexibility index (Phi) is 2.76. The number of hydrogen-bond acceptors (Lipinski definition) is 1. The van der Waals surface area contributed by atoms with Gasteiger partial charge in [-0.3, -0.25) is 0 Å². The second kappa shape index (κ2) is 3.53. The molecule has 2 N–H and O–H groups in total. The van der Waals surface area contributed by atoms with E-state index >= 15 is 0 Å². The summed E-state index contributed by atoms with van der Waals surface area (Å²) in [6.45, 7) is 3.35. The van der Waals surface area contributed by atoms with Gasteiger partial charge in [-0.05, 0) is 17.7 Å². The van der Waals surface area contributed by atoms with Crippen molar-refractivity contribution in [3.8, 4) is 0 Å². The van der Waals surface area contributed by atoms with E-state index in [2.05, 4.69) is 6.58 Å². The Labute approximate surface area is 84.0 Å². The van der Waals surface area contributed by atoms with Crippen LogP contribution in [0.25, 0.3) is 6.08 Å². The standard InChI is InChI=1S/C9H7ClF3N/c1-2-5-3-6(9(11,12)13)7(10)4-8(5)14/h2-4H,1,14H2. The number of benzene rings is 1. The molecule has 0 bridgehead atoms. The van der Waals surface area contributed by atoms with Gasteiger partial charge >= 0.3 is 6.18 Å². The third-order valence-corrected chi connectivity index (χ3v) is 2.01. The van der Waals surface area contributed by atoms with Crippen LogP contribution in [-0.2, 0) is 6.18 Å². The first kappa shape index (κ1) is 10.9. The zero-order valence-electron chi connectivity index (χ0n) is 7.03. The van der Waals surface area contributed by atoms with Gasteiger partial charge in [0.05, 0.1) is 10.6 Å². The summed E-state index contributed by atoms with van der Waals surface area (Å²) in [6, 6.07) is 1.95. The molecular formula is C9H7ClF3N. The summed E-state index contributed by atoms with van der Waals surface area (Å²) in [6.07, 6.45) is -3.22. The molecule has 0 radical (unpaired) electrons. The van der Waals surface area contributed by atoms with Crippen LogP contribution < -0.4 is 5.73 Å². The molecule has 0 aliphatic heterocycles. The van der Waals surface area contributed by atoms with Crippen LogP contribution in [0.5, 0.6) is 0 Å². The fourth-order valence-electron chi connectivity index (χ4n) is 0.999. The van der Waals surface area contributed by atoms with Crippen LogP contribution in [0.1, 0.15) is 11.1 Å². The Morgan fingerprint density at radius 3 is 2.36 bits per heavy atom. The maximum absolute atomic E-state index is 12.3. The van der Waals surface area contributed by atoms with Gasteiger partial charge in [-0.25, -0.2) is 0 Å². The van der Waals surface area contributed by atoms with Crippen LogP contribution in [0, 0.1) is 0 Å². The van der Waals surface area contributed by atoms with E-state index in [0.717, 1.165) is 12.1 Å². The van der Waals surface area contributed by atoms with Crippen molar-refractivity contribution in [2.75, 3.05) is 5.73 Å². The van der Waals surface area contributed by atoms with Crippen molar-refractivity contribution in [3.05, 3.63) is 34.9 Å². The highest BCUT2D eigenvalue weighted by molar-refractivity contribution is 6.31. The van der Waals surface area contributed by atoms with Crippen molar-refractivity contribution < 1.29 is 13.2 Å². The van der Waals surface area contributed by atoms with Crippen molar-refractivity contribution in [2.24, 2.45) is 0 Å². The van der Waals surface area contributed by atoms with Crippen LogP contribution >= 0.6 is 11.6 Å². The van der Waals surface area contributed by atoms with Crippen molar-refractivity contribution >= 4 is 23.4 Å². The summed E-state index contributed by atoms with van der Waals surface area (Å²) in [7, 11) is 0. The number of alkyl halides is 3. The highest BCUT2D eigenvalue weighted by Crippen LogP contribution is 2.37. The lowest BCUT2D eigenvalue weighted by molar-refractivity contribution is -0.137. The maximum atomic E-state index is 12.3. The Balaban J connectivity index is 3.39. The molecule has 76 valence electrons. The van der Waals surface area contributed by atoms with Gasteiger partial charge in [-0.15, -0.1) is 0 Å². The SMILES string of the molecule is C=Cc1cc(C(F)(F)F)c(Cl)cc1N. The second-order valence-electron chi connectivity index (χ2n) is 2.66. The minimum atomic E-state index is -4.47. The van der Waals surface area contributed by atoms with Gasteiger partial charge in [0.15, 0.2) is 0 Å². The smallest absolute Gasteiger partial charge is 0.398 e. The molecule has 0 spiro atoms. The highest BCUT2D eigenvalue weighted by Gasteiger charge is 2.33. The van der Waals surface area contributed by atoms with Gasteiger partial charge in [0, 0.05) is 5.69 Å². The molecule has 0 unspecified atom stereocenters. The lowest BCUT2D eigenvalue weighted by Crippen LogP contribution is -2.07. The third kappa shape index (κ3) is 2.01. The molecule has 1 aromatic carbocycles. The van der Waals surface area contributed by atoms with E-state index in [0.29, 0.717) is 0 Å². The average Bonchev–Trinajstić information content (AvgIpc) is 2.02. The quantitative estimate of drug-likeness (QED) is 0.721. The molecule has 1 aromatic rings. The molecule has 5 heteroatoms. The zero-order chi connectivity index (χ0) is 10.9. The topological polar surface area (TPSA) is 26.0 Å². The second-order valence-corrected chi connectivity index (χ2v) is 3.07. The average molecular weight is 222 g/mol. The molecule has 0 atom stereocenters. The first-order valence-electron chi connectivity index (χ1n) is 3.65. The van der Waals surface area contributed by atoms with E-state index in [1.807, 2.05) is 0 Å². The minimum absolute atomic E-state index is 0.179. The molecule has 0 heterocycles. The van der Waals surface area contributed by atoms with Gasteiger partial charge in [0.1, 0.15) is 0 Å². The summed E-state index contributed by atoms with van der Waals surface area (Å²) < 4.78 is 37.0. The number of nitrogens with two attached hydrogens (primary N) is 1. The fourth-order valence-corrected chi connectivity index (χ4v) is 1.28. The van der Waals surface area contributed by atoms with Gasteiger partial charge in [-0.2, -0.15) is 13.2 Å². The third-order valence-electron chi connectivity index (χ3n) is 1.70. The molecule has 0 aliphatic carbocycles. The molecule has 0 aromatic heterocycles. The highest BCUT2D eigenvalue weighted by atomic mass is 35.5. The molecule has 0 fully saturated rings. The largest absolute Gasteiger partial charge is 0.417 e. The van der Waals surface area contributed by atoms with Crippen LogP contribution in [0.2, 0.25) is 5.02 Å². The summed E-state index contributed by atoms with van der Waals surface area (Å²) in [5, 5.41) is -0.402. The number of nitrogen functional groups attached to an aromatic ring is 1. The first-order chi connectivity index (χ1) is 6.36. The van der Waals surface area contributed by atoms with Crippen molar-refractivity contribution in [1.82, 2.24) is 0 Å². The number of halogens is 4. The van der Waals surface area contributed by atoms with E-state index < -0.39 is 16.8 Å². The van der Waals surface area contributed by atoms with Crippen molar-refractivity contribution in [1.29, 1.82) is 0 Å². The zero-order valence-corrected chi connectivity index (χ0v) is 7.78. The maximum Gasteiger partial charge on any atom is 0.417 e. The Hall–Kier alpha value is -1.16. The van der Waals surface area contributed by atoms with E-state index in [4.69, 9.17) is 17.3 Å². The first-order valence-corrected chi connectivity index (χ1v) is 4.02. The predicted octanol–water partition coefficient (Wildman–Crippen LogP) is 3.58. The van der Waals surface area contributed by atoms with E-state index in [1.54, 1.807) is 0 Å². The number of hydrogen-bond donors (Lipinski definition) is 1. The van der Waals surface area contributed by atoms with Crippen molar-refractivity contribution in [2.45, 2.75) is 6.18 Å². The molecule has 0 saturated carbocycles. The van der Waals surface area contributed by atoms with Crippen LogP contribution in [-0.4, -0.2) is 0 Å². The summed E-state index contributed by atoms with van der Waals surface area (Å²) in [5.74, 6) is 0. The Morgan fingerprint density at radius 1 is 1.36 bits per heavy atom. The summed E-state index contributed by atoms with van der Waals surface area (Å²) in [4.78, 5) is 0. The molecule has 1 nitrogen and oxygen atoms in total. The van der Waals surface area contributed by atoms with Gasteiger partial charge in [0.25, 0.3) is 0 Å². The molecule has 0 amide bonds. The van der Waals surface area contributed by atoms with Crippen molar-refractivity contribution in [3.63, 3.8) is 0 Å². The Bertz CT molecular complexity index is 371. The molecule has 1 rings (SSSR count). The number of anilines is 1. The molecular weight excluding hydrogens is 215 g/mol. The van der Waals surface area contributed by atoms with Crippen LogP contribution in [0.4, 0.5) is 18.9 Å². The van der Waals surface area contributed by atoms with Gasteiger partial charge in [-0.1, -0.05) is 24.3 Å². The fraction of sp³-hybridized carbons (Fsp3) is 0.111. The van der Waals surface area contributed by atoms with Gasteiger partial charge in [0.2, 0.25) is 0 Å². The molecule has 0 aliphatic rings. The van der Waals surface area contributed by atoms with E-state index in [9.17, 15) is 13.2 Å². The van der Waals surface area contributed by atoms with Crippen LogP contribution in [0.3, 0.4) is 0 Å². The van der Waals surface area contributed by atoms with E-state index in [-0.39, 0.29) is 11.3 Å². The monoisotopic (exact) mass is 221 g/mol. The molecule has 14 heavy (non-hydrogen) atoms.